The van der Waals surface area contributed by atoms with Gasteiger partial charge in [0.05, 0.1) is 5.69 Å². The Morgan fingerprint density at radius 3 is 2.52 bits per heavy atom. The Bertz CT molecular complexity index is 730. The summed E-state index contributed by atoms with van der Waals surface area (Å²) in [5, 5.41) is 10.5. The van der Waals surface area contributed by atoms with E-state index >= 15 is 0 Å². The second-order valence-electron chi connectivity index (χ2n) is 6.24. The predicted molar refractivity (Wildman–Crippen MR) is 86.6 cm³/mol. The van der Waals surface area contributed by atoms with Gasteiger partial charge in [0.25, 0.3) is 0 Å². The maximum atomic E-state index is 13.5. The lowest BCUT2D eigenvalue weighted by Gasteiger charge is -2.31. The Kier molecular flexibility index (Phi) is 4.89. The van der Waals surface area contributed by atoms with Gasteiger partial charge in [-0.05, 0) is 56.8 Å². The number of hydrogen-bond acceptors (Lipinski definition) is 4. The van der Waals surface area contributed by atoms with Crippen molar-refractivity contribution in [2.75, 3.05) is 25.5 Å². The monoisotopic (exact) mass is 354 g/mol. The summed E-state index contributed by atoms with van der Waals surface area (Å²) in [6.07, 6.45) is -2.87. The maximum Gasteiger partial charge on any atom is 0.420 e. The zero-order chi connectivity index (χ0) is 18.0. The lowest BCUT2D eigenvalue weighted by atomic mass is 10.1. The number of halogens is 4. The standard InChI is InChI=1S/C17H18F4N4/c1-25-8-2-3-13(10-25)22-16-14(17(19,20)21)9-15(23-24-16)11-4-6-12(18)7-5-11/h4-7,9,13H,2-3,8,10H2,1H3,(H,22,24)/t13-/m1/s1. The molecule has 1 fully saturated rings. The van der Waals surface area contributed by atoms with Crippen LogP contribution < -0.4 is 5.32 Å². The highest BCUT2D eigenvalue weighted by molar-refractivity contribution is 5.62. The molecule has 1 N–H and O–H groups in total. The van der Waals surface area contributed by atoms with E-state index in [1.807, 2.05) is 7.05 Å². The number of piperidine rings is 1. The molecule has 4 nitrogen and oxygen atoms in total. The van der Waals surface area contributed by atoms with Gasteiger partial charge < -0.3 is 10.2 Å². The summed E-state index contributed by atoms with van der Waals surface area (Å²) in [5.74, 6) is -0.730. The summed E-state index contributed by atoms with van der Waals surface area (Å²) in [5.41, 5.74) is -0.433. The molecule has 1 atom stereocenters. The molecule has 0 bridgehead atoms. The van der Waals surface area contributed by atoms with Crippen molar-refractivity contribution in [3.05, 3.63) is 41.7 Å². The first kappa shape index (κ1) is 17.6. The van der Waals surface area contributed by atoms with E-state index in [0.717, 1.165) is 25.5 Å². The third kappa shape index (κ3) is 4.25. The quantitative estimate of drug-likeness (QED) is 0.851. The predicted octanol–water partition coefficient (Wildman–Crippen LogP) is 3.81. The third-order valence-corrected chi connectivity index (χ3v) is 4.20. The third-order valence-electron chi connectivity index (χ3n) is 4.20. The van der Waals surface area contributed by atoms with Crippen molar-refractivity contribution < 1.29 is 17.6 Å². The van der Waals surface area contributed by atoms with Gasteiger partial charge in [-0.3, -0.25) is 0 Å². The average molecular weight is 354 g/mol. The lowest BCUT2D eigenvalue weighted by Crippen LogP contribution is -2.40. The zero-order valence-corrected chi connectivity index (χ0v) is 13.6. The molecule has 1 aliphatic rings. The van der Waals surface area contributed by atoms with E-state index in [2.05, 4.69) is 20.4 Å². The van der Waals surface area contributed by atoms with Crippen molar-refractivity contribution in [2.24, 2.45) is 0 Å². The second-order valence-corrected chi connectivity index (χ2v) is 6.24. The molecule has 25 heavy (non-hydrogen) atoms. The Labute approximate surface area is 142 Å². The SMILES string of the molecule is CN1CCC[C@@H](Nc2nnc(-c3ccc(F)cc3)cc2C(F)(F)F)C1. The van der Waals surface area contributed by atoms with Gasteiger partial charge >= 0.3 is 6.18 Å². The average Bonchev–Trinajstić information content (AvgIpc) is 2.55. The number of nitrogens with zero attached hydrogens (tertiary/aromatic N) is 3. The first-order valence-corrected chi connectivity index (χ1v) is 7.99. The van der Waals surface area contributed by atoms with Gasteiger partial charge in [0, 0.05) is 18.2 Å². The molecule has 2 heterocycles. The van der Waals surface area contributed by atoms with Gasteiger partial charge in [0.1, 0.15) is 11.4 Å². The van der Waals surface area contributed by atoms with Crippen molar-refractivity contribution in [1.29, 1.82) is 0 Å². The van der Waals surface area contributed by atoms with Crippen LogP contribution in [0.15, 0.2) is 30.3 Å². The number of rotatable bonds is 3. The molecule has 0 saturated carbocycles. The number of anilines is 1. The van der Waals surface area contributed by atoms with Crippen LogP contribution in [0.3, 0.4) is 0 Å². The Hall–Kier alpha value is -2.22. The number of benzene rings is 1. The fourth-order valence-electron chi connectivity index (χ4n) is 2.95. The van der Waals surface area contributed by atoms with Crippen LogP contribution in [-0.4, -0.2) is 41.3 Å². The van der Waals surface area contributed by atoms with Crippen LogP contribution in [0.2, 0.25) is 0 Å². The number of likely N-dealkylation sites (N-methyl/N-ethyl adjacent to an activating group) is 1. The van der Waals surface area contributed by atoms with Gasteiger partial charge in [0.15, 0.2) is 5.82 Å². The molecule has 0 amide bonds. The molecule has 3 rings (SSSR count). The van der Waals surface area contributed by atoms with Crippen molar-refractivity contribution in [3.63, 3.8) is 0 Å². The molecule has 1 aromatic carbocycles. The van der Waals surface area contributed by atoms with Crippen LogP contribution in [0.25, 0.3) is 11.3 Å². The normalized spacial score (nSPS) is 19.0. The first-order chi connectivity index (χ1) is 11.8. The van der Waals surface area contributed by atoms with E-state index in [-0.39, 0.29) is 17.6 Å². The molecule has 1 saturated heterocycles. The molecule has 2 aromatic rings. The van der Waals surface area contributed by atoms with E-state index in [9.17, 15) is 17.6 Å². The largest absolute Gasteiger partial charge is 0.420 e. The van der Waals surface area contributed by atoms with E-state index in [0.29, 0.717) is 12.1 Å². The Morgan fingerprint density at radius 1 is 1.16 bits per heavy atom. The highest BCUT2D eigenvalue weighted by Gasteiger charge is 2.36. The van der Waals surface area contributed by atoms with Crippen LogP contribution in [-0.2, 0) is 6.18 Å². The smallest absolute Gasteiger partial charge is 0.364 e. The minimum Gasteiger partial charge on any atom is -0.364 e. The molecule has 0 unspecified atom stereocenters. The highest BCUT2D eigenvalue weighted by atomic mass is 19.4. The molecule has 1 aromatic heterocycles. The molecule has 134 valence electrons. The zero-order valence-electron chi connectivity index (χ0n) is 13.6. The van der Waals surface area contributed by atoms with Gasteiger partial charge in [-0.1, -0.05) is 0 Å². The molecule has 0 radical (unpaired) electrons. The minimum absolute atomic E-state index is 0.0543. The van der Waals surface area contributed by atoms with E-state index in [1.165, 1.54) is 24.3 Å². The number of hydrogen-bond donors (Lipinski definition) is 1. The summed E-state index contributed by atoms with van der Waals surface area (Å²) < 4.78 is 53.4. The van der Waals surface area contributed by atoms with E-state index in [4.69, 9.17) is 0 Å². The van der Waals surface area contributed by atoms with E-state index in [1.54, 1.807) is 0 Å². The fourth-order valence-corrected chi connectivity index (χ4v) is 2.95. The number of nitrogens with one attached hydrogen (secondary N) is 1. The van der Waals surface area contributed by atoms with Gasteiger partial charge in [-0.2, -0.15) is 13.2 Å². The number of aromatic nitrogens is 2. The highest BCUT2D eigenvalue weighted by Crippen LogP contribution is 2.36. The topological polar surface area (TPSA) is 41.0 Å². The van der Waals surface area contributed by atoms with Crippen molar-refractivity contribution in [2.45, 2.75) is 25.1 Å². The molecule has 8 heteroatoms. The van der Waals surface area contributed by atoms with Crippen LogP contribution >= 0.6 is 0 Å². The molecule has 1 aliphatic heterocycles. The lowest BCUT2D eigenvalue weighted by molar-refractivity contribution is -0.137. The molecule has 0 spiro atoms. The Morgan fingerprint density at radius 2 is 1.88 bits per heavy atom. The van der Waals surface area contributed by atoms with Crippen molar-refractivity contribution >= 4 is 5.82 Å². The van der Waals surface area contributed by atoms with Crippen molar-refractivity contribution in [3.8, 4) is 11.3 Å². The van der Waals surface area contributed by atoms with E-state index < -0.39 is 17.6 Å². The van der Waals surface area contributed by atoms with Crippen LogP contribution in [0, 0.1) is 5.82 Å². The first-order valence-electron chi connectivity index (χ1n) is 7.99. The van der Waals surface area contributed by atoms with Gasteiger partial charge in [0.2, 0.25) is 0 Å². The summed E-state index contributed by atoms with van der Waals surface area (Å²) in [7, 11) is 1.93. The van der Waals surface area contributed by atoms with Crippen molar-refractivity contribution in [1.82, 2.24) is 15.1 Å². The molecule has 0 aliphatic carbocycles. The number of likely N-dealkylation sites (tertiary alicyclic amines) is 1. The minimum atomic E-state index is -4.56. The second kappa shape index (κ2) is 6.95. The van der Waals surface area contributed by atoms with Crippen LogP contribution in [0.5, 0.6) is 0 Å². The van der Waals surface area contributed by atoms with Gasteiger partial charge in [-0.25, -0.2) is 4.39 Å². The Balaban J connectivity index is 1.91. The summed E-state index contributed by atoms with van der Waals surface area (Å²) in [6.45, 7) is 1.58. The summed E-state index contributed by atoms with van der Waals surface area (Å²) >= 11 is 0. The maximum absolute atomic E-state index is 13.5. The fraction of sp³-hybridized carbons (Fsp3) is 0.412. The summed E-state index contributed by atoms with van der Waals surface area (Å²) in [6, 6.07) is 5.95. The molecular formula is C17H18F4N4. The summed E-state index contributed by atoms with van der Waals surface area (Å²) in [4.78, 5) is 2.06. The van der Waals surface area contributed by atoms with Gasteiger partial charge in [-0.15, -0.1) is 10.2 Å². The van der Waals surface area contributed by atoms with Crippen LogP contribution in [0.4, 0.5) is 23.4 Å². The number of alkyl halides is 3. The van der Waals surface area contributed by atoms with Crippen LogP contribution in [0.1, 0.15) is 18.4 Å². The molecular weight excluding hydrogens is 336 g/mol.